The van der Waals surface area contributed by atoms with E-state index in [1.54, 1.807) is 0 Å². The highest BCUT2D eigenvalue weighted by Crippen LogP contribution is 2.34. The third-order valence-corrected chi connectivity index (χ3v) is 4.16. The third-order valence-electron chi connectivity index (χ3n) is 3.93. The minimum atomic E-state index is 0.139. The van der Waals surface area contributed by atoms with Crippen LogP contribution in [0.15, 0.2) is 18.2 Å². The Morgan fingerprint density at radius 1 is 1.53 bits per heavy atom. The molecule has 0 N–H and O–H groups in total. The molecule has 1 saturated heterocycles. The highest BCUT2D eigenvalue weighted by Gasteiger charge is 2.26. The Labute approximate surface area is 118 Å². The average Bonchev–Trinajstić information content (AvgIpc) is 3.03. The van der Waals surface area contributed by atoms with Crippen LogP contribution in [0.25, 0.3) is 11.0 Å². The lowest BCUT2D eigenvalue weighted by Gasteiger charge is -2.18. The molecule has 0 saturated carbocycles. The molecule has 3 rings (SSSR count). The lowest BCUT2D eigenvalue weighted by Crippen LogP contribution is -2.12. The van der Waals surface area contributed by atoms with E-state index in [1.165, 1.54) is 0 Å². The first kappa shape index (κ1) is 12.9. The molecule has 2 atom stereocenters. The van der Waals surface area contributed by atoms with Crippen LogP contribution in [0.3, 0.4) is 0 Å². The fraction of sp³-hybridized carbons (Fsp3) is 0.533. The highest BCUT2D eigenvalue weighted by atomic mass is 35.5. The number of hydrogen-bond acceptors (Lipinski definition) is 2. The molecular formula is C15H19ClN2O. The van der Waals surface area contributed by atoms with Crippen LogP contribution in [0.4, 0.5) is 0 Å². The van der Waals surface area contributed by atoms with Gasteiger partial charge in [0, 0.05) is 17.7 Å². The SMILES string of the molecule is CCC(C)n1c(C2CCCO2)nc2cc(Cl)ccc21. The molecule has 102 valence electrons. The van der Waals surface area contributed by atoms with Crippen LogP contribution in [0.1, 0.15) is 51.1 Å². The maximum Gasteiger partial charge on any atom is 0.139 e. The molecule has 0 amide bonds. The Morgan fingerprint density at radius 2 is 2.37 bits per heavy atom. The molecule has 0 radical (unpaired) electrons. The third kappa shape index (κ3) is 2.26. The van der Waals surface area contributed by atoms with Gasteiger partial charge in [-0.1, -0.05) is 18.5 Å². The number of ether oxygens (including phenoxy) is 1. The summed E-state index contributed by atoms with van der Waals surface area (Å²) in [5.74, 6) is 1.06. The Balaban J connectivity index is 2.17. The van der Waals surface area contributed by atoms with Crippen molar-refractivity contribution in [3.63, 3.8) is 0 Å². The monoisotopic (exact) mass is 278 g/mol. The zero-order chi connectivity index (χ0) is 13.4. The van der Waals surface area contributed by atoms with Crippen molar-refractivity contribution < 1.29 is 4.74 Å². The van der Waals surface area contributed by atoms with Crippen molar-refractivity contribution in [1.29, 1.82) is 0 Å². The van der Waals surface area contributed by atoms with Crippen molar-refractivity contribution in [3.8, 4) is 0 Å². The van der Waals surface area contributed by atoms with E-state index in [-0.39, 0.29) is 6.10 Å². The second-order valence-electron chi connectivity index (χ2n) is 5.23. The van der Waals surface area contributed by atoms with Gasteiger partial charge in [0.05, 0.1) is 11.0 Å². The van der Waals surface area contributed by atoms with Crippen LogP contribution >= 0.6 is 11.6 Å². The van der Waals surface area contributed by atoms with Gasteiger partial charge in [-0.3, -0.25) is 0 Å². The van der Waals surface area contributed by atoms with Crippen LogP contribution in [0.5, 0.6) is 0 Å². The number of halogens is 1. The Hall–Kier alpha value is -1.06. The number of imidazole rings is 1. The van der Waals surface area contributed by atoms with Crippen molar-refractivity contribution in [2.45, 2.75) is 45.3 Å². The molecule has 2 unspecified atom stereocenters. The first-order chi connectivity index (χ1) is 9.20. The Bertz CT molecular complexity index is 587. The molecule has 0 spiro atoms. The van der Waals surface area contributed by atoms with Crippen molar-refractivity contribution >= 4 is 22.6 Å². The van der Waals surface area contributed by atoms with Crippen LogP contribution in [-0.2, 0) is 4.74 Å². The molecule has 1 fully saturated rings. The van der Waals surface area contributed by atoms with Crippen LogP contribution in [0, 0.1) is 0 Å². The lowest BCUT2D eigenvalue weighted by molar-refractivity contribution is 0.101. The van der Waals surface area contributed by atoms with Gasteiger partial charge in [0.2, 0.25) is 0 Å². The van der Waals surface area contributed by atoms with Gasteiger partial charge in [-0.05, 0) is 44.4 Å². The van der Waals surface area contributed by atoms with E-state index in [2.05, 4.69) is 24.5 Å². The Morgan fingerprint density at radius 3 is 3.05 bits per heavy atom. The van der Waals surface area contributed by atoms with Crippen molar-refractivity contribution in [1.82, 2.24) is 9.55 Å². The molecule has 1 aliphatic heterocycles. The van der Waals surface area contributed by atoms with E-state index in [0.29, 0.717) is 6.04 Å². The summed E-state index contributed by atoms with van der Waals surface area (Å²) in [5.41, 5.74) is 2.13. The van der Waals surface area contributed by atoms with E-state index in [4.69, 9.17) is 21.3 Å². The topological polar surface area (TPSA) is 27.1 Å². The number of fused-ring (bicyclic) bond motifs is 1. The van der Waals surface area contributed by atoms with Gasteiger partial charge in [-0.15, -0.1) is 0 Å². The molecule has 2 aromatic rings. The van der Waals surface area contributed by atoms with E-state index in [1.807, 2.05) is 12.1 Å². The summed E-state index contributed by atoms with van der Waals surface area (Å²) in [6.07, 6.45) is 3.40. The zero-order valence-corrected chi connectivity index (χ0v) is 12.2. The number of aromatic nitrogens is 2. The first-order valence-electron chi connectivity index (χ1n) is 6.99. The number of benzene rings is 1. The molecule has 0 bridgehead atoms. The maximum absolute atomic E-state index is 6.07. The fourth-order valence-corrected chi connectivity index (χ4v) is 2.91. The summed E-state index contributed by atoms with van der Waals surface area (Å²) in [6, 6.07) is 6.36. The summed E-state index contributed by atoms with van der Waals surface area (Å²) >= 11 is 6.07. The lowest BCUT2D eigenvalue weighted by atomic mass is 10.2. The first-order valence-corrected chi connectivity index (χ1v) is 7.37. The molecule has 1 aromatic carbocycles. The van der Waals surface area contributed by atoms with Gasteiger partial charge in [0.15, 0.2) is 0 Å². The van der Waals surface area contributed by atoms with Gasteiger partial charge in [0.1, 0.15) is 11.9 Å². The number of hydrogen-bond donors (Lipinski definition) is 0. The van der Waals surface area contributed by atoms with Crippen LogP contribution in [-0.4, -0.2) is 16.2 Å². The minimum Gasteiger partial charge on any atom is -0.370 e. The van der Waals surface area contributed by atoms with Crippen LogP contribution in [0.2, 0.25) is 5.02 Å². The van der Waals surface area contributed by atoms with Crippen molar-refractivity contribution in [3.05, 3.63) is 29.0 Å². The molecule has 1 aromatic heterocycles. The van der Waals surface area contributed by atoms with Gasteiger partial charge < -0.3 is 9.30 Å². The number of rotatable bonds is 3. The van der Waals surface area contributed by atoms with Crippen LogP contribution < -0.4 is 0 Å². The summed E-state index contributed by atoms with van der Waals surface area (Å²) in [4.78, 5) is 4.78. The molecule has 0 aliphatic carbocycles. The molecule has 3 nitrogen and oxygen atoms in total. The molecule has 1 aliphatic rings. The summed E-state index contributed by atoms with van der Waals surface area (Å²) in [6.45, 7) is 5.27. The Kier molecular flexibility index (Phi) is 3.50. The second kappa shape index (κ2) is 5.14. The van der Waals surface area contributed by atoms with Gasteiger partial charge >= 0.3 is 0 Å². The van der Waals surface area contributed by atoms with E-state index >= 15 is 0 Å². The van der Waals surface area contributed by atoms with Crippen molar-refractivity contribution in [2.24, 2.45) is 0 Å². The summed E-state index contributed by atoms with van der Waals surface area (Å²) in [7, 11) is 0. The predicted molar refractivity (Wildman–Crippen MR) is 77.7 cm³/mol. The van der Waals surface area contributed by atoms with Crippen molar-refractivity contribution in [2.75, 3.05) is 6.61 Å². The smallest absolute Gasteiger partial charge is 0.139 e. The van der Waals surface area contributed by atoms with E-state index in [0.717, 1.165) is 47.7 Å². The largest absolute Gasteiger partial charge is 0.370 e. The standard InChI is InChI=1S/C15H19ClN2O/c1-3-10(2)18-13-7-6-11(16)9-12(13)17-15(18)14-5-4-8-19-14/h6-7,9-10,14H,3-5,8H2,1-2H3. The molecule has 4 heteroatoms. The normalized spacial score (nSPS) is 21.1. The summed E-state index contributed by atoms with van der Waals surface area (Å²) < 4.78 is 8.14. The molecular weight excluding hydrogens is 260 g/mol. The van der Waals surface area contributed by atoms with Gasteiger partial charge in [-0.25, -0.2) is 4.98 Å². The quantitative estimate of drug-likeness (QED) is 0.826. The molecule has 19 heavy (non-hydrogen) atoms. The number of nitrogens with zero attached hydrogens (tertiary/aromatic N) is 2. The molecule has 2 heterocycles. The fourth-order valence-electron chi connectivity index (χ4n) is 2.74. The summed E-state index contributed by atoms with van der Waals surface area (Å²) in [5, 5.41) is 0.736. The second-order valence-corrected chi connectivity index (χ2v) is 5.67. The minimum absolute atomic E-state index is 0.139. The average molecular weight is 279 g/mol. The van der Waals surface area contributed by atoms with E-state index in [9.17, 15) is 0 Å². The predicted octanol–water partition coefficient (Wildman–Crippen LogP) is 4.51. The van der Waals surface area contributed by atoms with Gasteiger partial charge in [0.25, 0.3) is 0 Å². The zero-order valence-electron chi connectivity index (χ0n) is 11.4. The highest BCUT2D eigenvalue weighted by molar-refractivity contribution is 6.31. The van der Waals surface area contributed by atoms with E-state index < -0.39 is 0 Å². The van der Waals surface area contributed by atoms with Gasteiger partial charge in [-0.2, -0.15) is 0 Å². The maximum atomic E-state index is 6.07.